The number of sulfonamides is 1. The number of anilines is 1. The number of hydrogen-bond acceptors (Lipinski definition) is 5. The third-order valence-electron chi connectivity index (χ3n) is 7.88. The van der Waals surface area contributed by atoms with Crippen LogP contribution in [-0.4, -0.2) is 36.7 Å². The Kier molecular flexibility index (Phi) is 6.30. The molecule has 0 aliphatic heterocycles. The minimum atomic E-state index is -3.60. The van der Waals surface area contributed by atoms with Crippen LogP contribution in [0.4, 0.5) is 5.13 Å². The smallest absolute Gasteiger partial charge is 0.243 e. The van der Waals surface area contributed by atoms with E-state index >= 15 is 0 Å². The van der Waals surface area contributed by atoms with E-state index in [-0.39, 0.29) is 23.2 Å². The molecule has 4 saturated carbocycles. The normalized spacial score (nSPS) is 28.5. The number of rotatable bonds is 8. The fourth-order valence-corrected chi connectivity index (χ4v) is 9.74. The molecule has 0 radical (unpaired) electrons. The highest BCUT2D eigenvalue weighted by Gasteiger charge is 2.54. The number of thiazole rings is 1. The first kappa shape index (κ1) is 24.2. The van der Waals surface area contributed by atoms with Gasteiger partial charge >= 0.3 is 0 Å². The van der Waals surface area contributed by atoms with Gasteiger partial charge in [-0.15, -0.1) is 0 Å². The van der Waals surface area contributed by atoms with Crippen LogP contribution >= 0.6 is 11.3 Å². The topological polar surface area (TPSA) is 79.4 Å². The second kappa shape index (κ2) is 8.86. The minimum absolute atomic E-state index is 0.124. The summed E-state index contributed by atoms with van der Waals surface area (Å²) in [7, 11) is -3.60. The summed E-state index contributed by atoms with van der Waals surface area (Å²) in [5.41, 5.74) is 0.499. The fraction of sp³-hybridized carbons (Fsp3) is 0.692. The molecule has 0 saturated heterocycles. The van der Waals surface area contributed by atoms with Crippen molar-refractivity contribution in [3.05, 3.63) is 18.2 Å². The lowest BCUT2D eigenvalue weighted by Gasteiger charge is -2.55. The van der Waals surface area contributed by atoms with Crippen LogP contribution in [0.15, 0.2) is 23.1 Å². The Morgan fingerprint density at radius 2 is 1.62 bits per heavy atom. The molecule has 0 atom stereocenters. The van der Waals surface area contributed by atoms with Gasteiger partial charge in [0.25, 0.3) is 0 Å². The van der Waals surface area contributed by atoms with Gasteiger partial charge in [0, 0.05) is 13.1 Å². The molecular weight excluding hydrogens is 466 g/mol. The van der Waals surface area contributed by atoms with Crippen molar-refractivity contribution in [2.24, 2.45) is 35.0 Å². The molecule has 6 nitrogen and oxygen atoms in total. The van der Waals surface area contributed by atoms with Crippen LogP contribution in [0.3, 0.4) is 0 Å². The molecule has 34 heavy (non-hydrogen) atoms. The number of aromatic nitrogens is 1. The summed E-state index contributed by atoms with van der Waals surface area (Å²) in [5, 5.41) is 3.71. The summed E-state index contributed by atoms with van der Waals surface area (Å²) >= 11 is 1.37. The molecule has 0 spiro atoms. The molecule has 1 aromatic carbocycles. The zero-order valence-electron chi connectivity index (χ0n) is 20.7. The molecule has 4 fully saturated rings. The van der Waals surface area contributed by atoms with Crippen molar-refractivity contribution >= 4 is 42.6 Å². The van der Waals surface area contributed by atoms with Crippen LogP contribution in [0.2, 0.25) is 0 Å². The molecule has 0 unspecified atom stereocenters. The molecule has 1 amide bonds. The summed E-state index contributed by atoms with van der Waals surface area (Å²) in [6.45, 7) is 9.13. The summed E-state index contributed by atoms with van der Waals surface area (Å²) in [6, 6.07) is 5.13. The van der Waals surface area contributed by atoms with Gasteiger partial charge in [0.1, 0.15) is 0 Å². The van der Waals surface area contributed by atoms with Gasteiger partial charge in [0.2, 0.25) is 15.9 Å². The van der Waals surface area contributed by atoms with Crippen molar-refractivity contribution in [3.63, 3.8) is 0 Å². The molecule has 4 aliphatic carbocycles. The minimum Gasteiger partial charge on any atom is -0.301 e. The highest BCUT2D eigenvalue weighted by molar-refractivity contribution is 7.89. The molecule has 8 heteroatoms. The quantitative estimate of drug-likeness (QED) is 0.497. The Hall–Kier alpha value is -1.51. The maximum atomic E-state index is 13.4. The van der Waals surface area contributed by atoms with E-state index in [0.29, 0.717) is 40.9 Å². The maximum Gasteiger partial charge on any atom is 0.243 e. The number of amides is 1. The highest BCUT2D eigenvalue weighted by Crippen LogP contribution is 2.60. The molecule has 4 aliphatic rings. The van der Waals surface area contributed by atoms with E-state index in [0.717, 1.165) is 29.5 Å². The van der Waals surface area contributed by atoms with E-state index in [1.165, 1.54) is 30.6 Å². The van der Waals surface area contributed by atoms with Gasteiger partial charge in [-0.3, -0.25) is 4.79 Å². The molecule has 2 aromatic rings. The SMILES string of the molecule is CC(C)CN(CC(C)C)S(=O)(=O)c1ccc2nc(NC(=O)C34CC5CC(CC(C5)C3)C4)sc2c1. The number of benzene rings is 1. The Morgan fingerprint density at radius 3 is 2.15 bits per heavy atom. The monoisotopic (exact) mass is 503 g/mol. The van der Waals surface area contributed by atoms with Crippen molar-refractivity contribution in [1.29, 1.82) is 0 Å². The Balaban J connectivity index is 1.37. The first-order valence-electron chi connectivity index (χ1n) is 12.8. The second-order valence-corrected chi connectivity index (χ2v) is 14.9. The van der Waals surface area contributed by atoms with Gasteiger partial charge in [-0.1, -0.05) is 39.0 Å². The lowest BCUT2D eigenvalue weighted by atomic mass is 9.49. The maximum absolute atomic E-state index is 13.4. The number of nitrogens with zero attached hydrogens (tertiary/aromatic N) is 2. The Morgan fingerprint density at radius 1 is 1.06 bits per heavy atom. The molecule has 186 valence electrons. The van der Waals surface area contributed by atoms with E-state index in [1.807, 2.05) is 27.7 Å². The highest BCUT2D eigenvalue weighted by atomic mass is 32.2. The van der Waals surface area contributed by atoms with Crippen molar-refractivity contribution in [3.8, 4) is 0 Å². The van der Waals surface area contributed by atoms with Crippen LogP contribution in [-0.2, 0) is 14.8 Å². The van der Waals surface area contributed by atoms with Gasteiger partial charge < -0.3 is 5.32 Å². The van der Waals surface area contributed by atoms with Gasteiger partial charge in [0.05, 0.1) is 20.5 Å². The van der Waals surface area contributed by atoms with Crippen molar-refractivity contribution in [2.75, 3.05) is 18.4 Å². The average Bonchev–Trinajstić information content (AvgIpc) is 3.13. The zero-order valence-corrected chi connectivity index (χ0v) is 22.3. The van der Waals surface area contributed by atoms with Gasteiger partial charge in [-0.05, 0) is 86.3 Å². The van der Waals surface area contributed by atoms with Crippen molar-refractivity contribution in [1.82, 2.24) is 9.29 Å². The lowest BCUT2D eigenvalue weighted by molar-refractivity contribution is -0.140. The van der Waals surface area contributed by atoms with E-state index in [2.05, 4.69) is 10.3 Å². The second-order valence-electron chi connectivity index (χ2n) is 11.9. The lowest BCUT2D eigenvalue weighted by Crippen LogP contribution is -2.51. The molecule has 6 rings (SSSR count). The molecule has 4 bridgehead atoms. The van der Waals surface area contributed by atoms with Gasteiger partial charge in [-0.2, -0.15) is 4.31 Å². The standard InChI is InChI=1S/C26H37N3O3S2/c1-16(2)14-29(15-17(3)4)34(31,32)21-5-6-22-23(10-21)33-25(27-22)28-24(30)26-11-18-7-19(12-26)9-20(8-18)13-26/h5-6,10,16-20H,7-9,11-15H2,1-4H3,(H,27,28,30). The van der Waals surface area contributed by atoms with Crippen LogP contribution in [0.1, 0.15) is 66.2 Å². The molecule has 1 aromatic heterocycles. The summed E-state index contributed by atoms with van der Waals surface area (Å²) < 4.78 is 29.2. The van der Waals surface area contributed by atoms with E-state index in [4.69, 9.17) is 0 Å². The number of carbonyl (C=O) groups is 1. The van der Waals surface area contributed by atoms with Crippen LogP contribution < -0.4 is 5.32 Å². The van der Waals surface area contributed by atoms with Crippen LogP contribution in [0.5, 0.6) is 0 Å². The first-order valence-corrected chi connectivity index (χ1v) is 15.0. The van der Waals surface area contributed by atoms with Gasteiger partial charge in [-0.25, -0.2) is 13.4 Å². The number of hydrogen-bond donors (Lipinski definition) is 1. The number of fused-ring (bicyclic) bond motifs is 1. The summed E-state index contributed by atoms with van der Waals surface area (Å²) in [4.78, 5) is 18.3. The van der Waals surface area contributed by atoms with Crippen LogP contribution in [0.25, 0.3) is 10.2 Å². The Labute approximate surface area is 207 Å². The van der Waals surface area contributed by atoms with E-state index < -0.39 is 10.0 Å². The van der Waals surface area contributed by atoms with Gasteiger partial charge in [0.15, 0.2) is 5.13 Å². The van der Waals surface area contributed by atoms with E-state index in [9.17, 15) is 13.2 Å². The molecular formula is C26H37N3O3S2. The molecule has 1 heterocycles. The van der Waals surface area contributed by atoms with E-state index in [1.54, 1.807) is 22.5 Å². The predicted molar refractivity (Wildman–Crippen MR) is 137 cm³/mol. The molecule has 1 N–H and O–H groups in total. The number of carbonyl (C=O) groups excluding carboxylic acids is 1. The van der Waals surface area contributed by atoms with Crippen molar-refractivity contribution in [2.45, 2.75) is 71.1 Å². The predicted octanol–water partition coefficient (Wildman–Crippen LogP) is 5.75. The Bertz CT molecular complexity index is 1140. The summed E-state index contributed by atoms with van der Waals surface area (Å²) in [6.07, 6.45) is 6.94. The fourth-order valence-electron chi connectivity index (χ4n) is 6.97. The summed E-state index contributed by atoms with van der Waals surface area (Å²) in [5.74, 6) is 2.73. The largest absolute Gasteiger partial charge is 0.301 e. The third-order valence-corrected chi connectivity index (χ3v) is 10.6. The van der Waals surface area contributed by atoms with Crippen molar-refractivity contribution < 1.29 is 13.2 Å². The number of nitrogens with one attached hydrogen (secondary N) is 1. The zero-order chi connectivity index (χ0) is 24.3. The van der Waals surface area contributed by atoms with Crippen LogP contribution in [0, 0.1) is 35.0 Å². The first-order chi connectivity index (χ1) is 16.0. The third kappa shape index (κ3) is 4.53. The average molecular weight is 504 g/mol.